The van der Waals surface area contributed by atoms with E-state index in [-0.39, 0.29) is 24.9 Å². The van der Waals surface area contributed by atoms with Gasteiger partial charge in [0.05, 0.1) is 19.4 Å². The number of hydrogen-bond donors (Lipinski definition) is 0. The number of thiophene rings is 1. The van der Waals surface area contributed by atoms with Crippen LogP contribution < -0.4 is 0 Å². The number of halogens is 3. The van der Waals surface area contributed by atoms with E-state index in [2.05, 4.69) is 0 Å². The molecule has 3 nitrogen and oxygen atoms in total. The van der Waals surface area contributed by atoms with Gasteiger partial charge in [-0.15, -0.1) is 11.3 Å². The van der Waals surface area contributed by atoms with Crippen molar-refractivity contribution >= 4 is 18.9 Å². The second-order valence-electron chi connectivity index (χ2n) is 4.92. The maximum Gasteiger partial charge on any atom is 0.426 e. The topological polar surface area (TPSA) is 35.5 Å². The summed E-state index contributed by atoms with van der Waals surface area (Å²) in [6.45, 7) is 3.66. The Morgan fingerprint density at radius 2 is 1.67 bits per heavy atom. The summed E-state index contributed by atoms with van der Waals surface area (Å²) >= 11 is 0.583. The Morgan fingerprint density at radius 3 is 2.17 bits per heavy atom. The fraction of sp³-hybridized carbons (Fsp3) is 0.375. The molecule has 0 aliphatic heterocycles. The van der Waals surface area contributed by atoms with E-state index >= 15 is 0 Å². The summed E-state index contributed by atoms with van der Waals surface area (Å²) in [5.74, 6) is 0. The number of benzene rings is 1. The Kier molecular flexibility index (Phi) is 6.26. The summed E-state index contributed by atoms with van der Waals surface area (Å²) in [4.78, 5) is -0.380. The zero-order valence-corrected chi connectivity index (χ0v) is 15.0. The monoisotopic (exact) mass is 378 g/mol. The smallest absolute Gasteiger partial charge is 0.309 e. The van der Waals surface area contributed by atoms with Crippen molar-refractivity contribution in [3.05, 3.63) is 46.2 Å². The second kappa shape index (κ2) is 7.83. The van der Waals surface area contributed by atoms with Crippen LogP contribution in [0, 0.1) is 0 Å². The third kappa shape index (κ3) is 4.70. The zero-order chi connectivity index (χ0) is 17.8. The molecule has 24 heavy (non-hydrogen) atoms. The first kappa shape index (κ1) is 19.2. The molecule has 132 valence electrons. The van der Waals surface area contributed by atoms with Crippen LogP contribution in [0.25, 0.3) is 11.1 Å². The second-order valence-corrected chi connectivity index (χ2v) is 8.12. The van der Waals surface area contributed by atoms with Crippen LogP contribution in [0.15, 0.2) is 36.4 Å². The maximum absolute atomic E-state index is 13.4. The summed E-state index contributed by atoms with van der Waals surface area (Å²) in [5.41, 5.74) is 0.553. The van der Waals surface area contributed by atoms with E-state index < -0.39 is 18.6 Å². The standard InChI is InChI=1S/C16H18F3O3PS/c1-3-21-23(20,22-4-2)11-13-10-14(12-8-6-5-7-9-12)15(24-13)16(17,18)19/h5-10H,3-4,11H2,1-2H3. The van der Waals surface area contributed by atoms with Crippen molar-refractivity contribution in [3.63, 3.8) is 0 Å². The first-order chi connectivity index (χ1) is 11.3. The van der Waals surface area contributed by atoms with Crippen molar-refractivity contribution in [3.8, 4) is 11.1 Å². The van der Waals surface area contributed by atoms with Crippen molar-refractivity contribution in [2.24, 2.45) is 0 Å². The predicted molar refractivity (Wildman–Crippen MR) is 89.3 cm³/mol. The molecule has 0 radical (unpaired) electrons. The van der Waals surface area contributed by atoms with Gasteiger partial charge in [-0.1, -0.05) is 30.3 Å². The molecule has 0 amide bonds. The molecule has 8 heteroatoms. The van der Waals surface area contributed by atoms with Crippen LogP contribution in [-0.4, -0.2) is 13.2 Å². The van der Waals surface area contributed by atoms with Gasteiger partial charge in [0.2, 0.25) is 0 Å². The molecule has 0 fully saturated rings. The number of hydrogen-bond acceptors (Lipinski definition) is 4. The molecule has 0 saturated carbocycles. The third-order valence-corrected chi connectivity index (χ3v) is 6.55. The van der Waals surface area contributed by atoms with E-state index in [4.69, 9.17) is 9.05 Å². The summed E-state index contributed by atoms with van der Waals surface area (Å²) in [6.07, 6.45) is -4.65. The van der Waals surface area contributed by atoms with Crippen molar-refractivity contribution in [1.82, 2.24) is 0 Å². The average molecular weight is 378 g/mol. The predicted octanol–water partition coefficient (Wildman–Crippen LogP) is 6.20. The van der Waals surface area contributed by atoms with Gasteiger partial charge in [-0.05, 0) is 25.5 Å². The minimum absolute atomic E-state index is 0.0858. The van der Waals surface area contributed by atoms with E-state index in [0.717, 1.165) is 0 Å². The highest BCUT2D eigenvalue weighted by Gasteiger charge is 2.37. The van der Waals surface area contributed by atoms with Gasteiger partial charge in [-0.3, -0.25) is 4.57 Å². The Bertz CT molecular complexity index is 703. The highest BCUT2D eigenvalue weighted by Crippen LogP contribution is 2.54. The minimum atomic E-state index is -4.48. The van der Waals surface area contributed by atoms with Gasteiger partial charge in [0, 0.05) is 10.4 Å². The molecular formula is C16H18F3O3PS. The summed E-state index contributed by atoms with van der Waals surface area (Å²) < 4.78 is 63.0. The Hall–Kier alpha value is -1.14. The summed E-state index contributed by atoms with van der Waals surface area (Å²) in [5, 5.41) is 0. The number of rotatable bonds is 7. The third-order valence-electron chi connectivity index (χ3n) is 3.13. The first-order valence-corrected chi connectivity index (χ1v) is 9.97. The van der Waals surface area contributed by atoms with Crippen molar-refractivity contribution in [1.29, 1.82) is 0 Å². The maximum atomic E-state index is 13.4. The molecule has 0 atom stereocenters. The fourth-order valence-electron chi connectivity index (χ4n) is 2.28. The summed E-state index contributed by atoms with van der Waals surface area (Å²) in [7, 11) is -3.45. The molecule has 0 aliphatic rings. The lowest BCUT2D eigenvalue weighted by Gasteiger charge is -2.15. The molecule has 1 heterocycles. The van der Waals surface area contributed by atoms with Gasteiger partial charge in [-0.2, -0.15) is 13.2 Å². The quantitative estimate of drug-likeness (QED) is 0.538. The molecule has 2 aromatic rings. The highest BCUT2D eigenvalue weighted by molar-refractivity contribution is 7.53. The van der Waals surface area contributed by atoms with Gasteiger partial charge in [0.1, 0.15) is 4.88 Å². The van der Waals surface area contributed by atoms with Crippen LogP contribution in [0.5, 0.6) is 0 Å². The molecule has 0 saturated heterocycles. The van der Waals surface area contributed by atoms with Crippen LogP contribution >= 0.6 is 18.9 Å². The number of alkyl halides is 3. The molecule has 1 aromatic heterocycles. The van der Waals surface area contributed by atoms with Crippen LogP contribution in [-0.2, 0) is 26.0 Å². The highest BCUT2D eigenvalue weighted by atomic mass is 32.1. The Balaban J connectivity index is 2.43. The van der Waals surface area contributed by atoms with Gasteiger partial charge >= 0.3 is 13.8 Å². The largest absolute Gasteiger partial charge is 0.426 e. The SMILES string of the molecule is CCOP(=O)(Cc1cc(-c2ccccc2)c(C(F)(F)F)s1)OCC. The Labute approximate surface area is 143 Å². The molecule has 0 spiro atoms. The molecule has 0 N–H and O–H groups in total. The molecular weight excluding hydrogens is 360 g/mol. The average Bonchev–Trinajstić information content (AvgIpc) is 2.92. The van der Waals surface area contributed by atoms with E-state index in [1.54, 1.807) is 44.2 Å². The normalized spacial score (nSPS) is 12.5. The van der Waals surface area contributed by atoms with Crippen molar-refractivity contribution in [2.45, 2.75) is 26.2 Å². The van der Waals surface area contributed by atoms with E-state index in [9.17, 15) is 17.7 Å². The lowest BCUT2D eigenvalue weighted by atomic mass is 10.1. The van der Waals surface area contributed by atoms with Crippen molar-refractivity contribution < 1.29 is 26.8 Å². The molecule has 0 unspecified atom stereocenters. The van der Waals surface area contributed by atoms with Gasteiger partial charge in [0.25, 0.3) is 0 Å². The van der Waals surface area contributed by atoms with Crippen LogP contribution in [0.3, 0.4) is 0 Å². The molecule has 0 bridgehead atoms. The Morgan fingerprint density at radius 1 is 1.08 bits per heavy atom. The lowest BCUT2D eigenvalue weighted by Crippen LogP contribution is -2.03. The summed E-state index contributed by atoms with van der Waals surface area (Å²) in [6, 6.07) is 9.75. The van der Waals surface area contributed by atoms with E-state index in [1.165, 1.54) is 6.07 Å². The van der Waals surface area contributed by atoms with Crippen molar-refractivity contribution in [2.75, 3.05) is 13.2 Å². The van der Waals surface area contributed by atoms with Crippen LogP contribution in [0.2, 0.25) is 0 Å². The zero-order valence-electron chi connectivity index (χ0n) is 13.3. The van der Waals surface area contributed by atoms with Gasteiger partial charge < -0.3 is 9.05 Å². The molecule has 2 rings (SSSR count). The van der Waals surface area contributed by atoms with E-state index in [0.29, 0.717) is 21.8 Å². The lowest BCUT2D eigenvalue weighted by molar-refractivity contribution is -0.133. The van der Waals surface area contributed by atoms with Gasteiger partial charge in [0.15, 0.2) is 0 Å². The van der Waals surface area contributed by atoms with Crippen LogP contribution in [0.1, 0.15) is 23.6 Å². The fourth-order valence-corrected chi connectivity index (χ4v) is 5.37. The van der Waals surface area contributed by atoms with E-state index in [1.807, 2.05) is 0 Å². The first-order valence-electron chi connectivity index (χ1n) is 7.42. The minimum Gasteiger partial charge on any atom is -0.309 e. The van der Waals surface area contributed by atoms with Gasteiger partial charge in [-0.25, -0.2) is 0 Å². The van der Waals surface area contributed by atoms with Crippen LogP contribution in [0.4, 0.5) is 13.2 Å². The molecule has 0 aliphatic carbocycles. The molecule has 1 aromatic carbocycles.